The van der Waals surface area contributed by atoms with Gasteiger partial charge in [0.1, 0.15) is 0 Å². The highest BCUT2D eigenvalue weighted by Crippen LogP contribution is 2.54. The topological polar surface area (TPSA) is 41.9 Å². The maximum absolute atomic E-state index is 5.29. The highest BCUT2D eigenvalue weighted by Gasteiger charge is 2.38. The number of benzene rings is 8. The van der Waals surface area contributed by atoms with Crippen LogP contribution in [0.25, 0.3) is 82.0 Å². The summed E-state index contributed by atoms with van der Waals surface area (Å²) >= 11 is 1.82. The number of rotatable bonds is 4. The van der Waals surface area contributed by atoms with E-state index in [9.17, 15) is 0 Å². The molecule has 1 aliphatic carbocycles. The van der Waals surface area contributed by atoms with Crippen LogP contribution in [0.3, 0.4) is 0 Å². The summed E-state index contributed by atoms with van der Waals surface area (Å²) in [7, 11) is 0. The van der Waals surface area contributed by atoms with E-state index in [0.29, 0.717) is 17.5 Å². The predicted molar refractivity (Wildman–Crippen MR) is 233 cm³/mol. The molecule has 0 bridgehead atoms. The van der Waals surface area contributed by atoms with Gasteiger partial charge in [0.25, 0.3) is 0 Å². The van der Waals surface area contributed by atoms with E-state index in [0.717, 1.165) is 34.2 Å². The predicted octanol–water partition coefficient (Wildman–Crippen LogP) is 13.4. The van der Waals surface area contributed by atoms with E-state index in [1.807, 2.05) is 29.5 Å². The number of nitrogens with zero attached hydrogens (tertiary/aromatic N) is 4. The van der Waals surface area contributed by atoms with E-state index < -0.39 is 0 Å². The van der Waals surface area contributed by atoms with Crippen LogP contribution in [0.15, 0.2) is 176 Å². The third kappa shape index (κ3) is 4.94. The molecule has 0 spiro atoms. The summed E-state index contributed by atoms with van der Waals surface area (Å²) in [6.45, 7) is 0. The first-order valence-corrected chi connectivity index (χ1v) is 19.9. The summed E-state index contributed by atoms with van der Waals surface area (Å²) in [5.41, 5.74) is 10.6. The third-order valence-electron chi connectivity index (χ3n) is 11.6. The van der Waals surface area contributed by atoms with Crippen LogP contribution in [-0.4, -0.2) is 15.0 Å². The quantitative estimate of drug-likeness (QED) is 0.181. The number of allylic oxidation sites excluding steroid dienone is 1. The fraction of sp³-hybridized carbons (Fsp3) is 0.0392. The molecule has 0 fully saturated rings. The monoisotopic (exact) mass is 732 g/mol. The summed E-state index contributed by atoms with van der Waals surface area (Å²) in [5, 5.41) is 7.29. The van der Waals surface area contributed by atoms with Crippen molar-refractivity contribution in [3.8, 4) is 34.2 Å². The second-order valence-corrected chi connectivity index (χ2v) is 15.9. The molecule has 5 heteroatoms. The van der Waals surface area contributed by atoms with Gasteiger partial charge in [0.05, 0.1) is 11.4 Å². The van der Waals surface area contributed by atoms with Crippen LogP contribution in [0.5, 0.6) is 0 Å². The molecule has 3 heterocycles. The van der Waals surface area contributed by atoms with Gasteiger partial charge in [-0.15, -0.1) is 11.3 Å². The number of aromatic nitrogens is 3. The number of hydrogen-bond acceptors (Lipinski definition) is 5. The number of hydrogen-bond donors (Lipinski definition) is 0. The number of thiophene rings is 1. The zero-order valence-corrected chi connectivity index (χ0v) is 31.0. The van der Waals surface area contributed by atoms with Crippen LogP contribution < -0.4 is 4.90 Å². The minimum absolute atomic E-state index is 0.239. The van der Waals surface area contributed by atoms with Gasteiger partial charge in [-0.25, -0.2) is 15.0 Å². The van der Waals surface area contributed by atoms with Crippen molar-refractivity contribution in [1.29, 1.82) is 0 Å². The lowest BCUT2D eigenvalue weighted by Crippen LogP contribution is -2.18. The Kier molecular flexibility index (Phi) is 6.89. The Morgan fingerprint density at radius 2 is 1.12 bits per heavy atom. The van der Waals surface area contributed by atoms with Gasteiger partial charge in [-0.1, -0.05) is 121 Å². The van der Waals surface area contributed by atoms with Crippen molar-refractivity contribution in [2.45, 2.75) is 12.3 Å². The summed E-state index contributed by atoms with van der Waals surface area (Å²) in [6.07, 6.45) is 3.37. The van der Waals surface area contributed by atoms with Gasteiger partial charge < -0.3 is 4.90 Å². The van der Waals surface area contributed by atoms with Gasteiger partial charge in [0.2, 0.25) is 0 Å². The molecule has 12 rings (SSSR count). The fourth-order valence-electron chi connectivity index (χ4n) is 8.88. The van der Waals surface area contributed by atoms with Crippen molar-refractivity contribution < 1.29 is 0 Å². The summed E-state index contributed by atoms with van der Waals surface area (Å²) in [4.78, 5) is 18.2. The molecule has 8 aromatic carbocycles. The van der Waals surface area contributed by atoms with Crippen molar-refractivity contribution >= 4 is 70.5 Å². The van der Waals surface area contributed by atoms with E-state index in [-0.39, 0.29) is 5.92 Å². The zero-order chi connectivity index (χ0) is 36.7. The Morgan fingerprint density at radius 1 is 0.464 bits per heavy atom. The van der Waals surface area contributed by atoms with E-state index in [4.69, 9.17) is 15.0 Å². The molecule has 4 nitrogen and oxygen atoms in total. The molecular weight excluding hydrogens is 701 g/mol. The lowest BCUT2D eigenvalue weighted by atomic mass is 9.84. The first kappa shape index (κ1) is 31.4. The molecule has 1 aliphatic heterocycles. The van der Waals surface area contributed by atoms with Crippen molar-refractivity contribution in [2.75, 3.05) is 4.90 Å². The molecular formula is C51H32N4S. The van der Waals surface area contributed by atoms with Crippen molar-refractivity contribution in [3.63, 3.8) is 0 Å². The Bertz CT molecular complexity index is 3250. The van der Waals surface area contributed by atoms with E-state index in [1.165, 1.54) is 64.4 Å². The SMILES string of the molecule is C1=C2C(Cc3ccccc31)c1cc3ccccc3cc1N2c1cc(-c2nc(-c3ccccc3)nc(-c3ccc4sc5ccccc5c4c3)n2)cc2ccccc12. The van der Waals surface area contributed by atoms with E-state index in [1.54, 1.807) is 0 Å². The van der Waals surface area contributed by atoms with Crippen LogP contribution in [0.4, 0.5) is 11.4 Å². The molecule has 0 saturated heterocycles. The third-order valence-corrected chi connectivity index (χ3v) is 12.7. The molecule has 1 unspecified atom stereocenters. The maximum Gasteiger partial charge on any atom is 0.164 e. The second-order valence-electron chi connectivity index (χ2n) is 14.8. The Morgan fingerprint density at radius 3 is 1.98 bits per heavy atom. The van der Waals surface area contributed by atoms with E-state index >= 15 is 0 Å². The van der Waals surface area contributed by atoms with Crippen molar-refractivity contribution in [3.05, 3.63) is 192 Å². The molecule has 0 N–H and O–H groups in total. The van der Waals surface area contributed by atoms with Crippen LogP contribution in [0.2, 0.25) is 0 Å². The lowest BCUT2D eigenvalue weighted by molar-refractivity contribution is 0.799. The molecule has 0 amide bonds. The molecule has 1 atom stereocenters. The average molecular weight is 733 g/mol. The molecule has 262 valence electrons. The fourth-order valence-corrected chi connectivity index (χ4v) is 9.97. The molecule has 2 aromatic heterocycles. The standard InChI is InChI=1S/C51H32N4S/c1-2-12-31(13-3-1)49-52-50(37-22-23-48-43(27-37)40-20-10-11-21-47(40)56-48)54-51(53-49)38-24-36-18-8-9-19-39(36)44(30-38)55-45-28-34-16-6-4-14-32(34)25-41(45)42-26-33-15-5-7-17-35(33)29-46(42)55/h1-25,27-30,42H,26H2. The minimum atomic E-state index is 0.239. The van der Waals surface area contributed by atoms with Crippen LogP contribution in [0.1, 0.15) is 22.6 Å². The summed E-state index contributed by atoms with van der Waals surface area (Å²) in [5.74, 6) is 2.20. The number of anilines is 2. The van der Waals surface area contributed by atoms with Gasteiger partial charge >= 0.3 is 0 Å². The Hall–Kier alpha value is -6.95. The summed E-state index contributed by atoms with van der Waals surface area (Å²) < 4.78 is 2.53. The normalized spacial score (nSPS) is 14.6. The first-order chi connectivity index (χ1) is 27.7. The molecule has 10 aromatic rings. The van der Waals surface area contributed by atoms with E-state index in [2.05, 4.69) is 163 Å². The smallest absolute Gasteiger partial charge is 0.164 e. The van der Waals surface area contributed by atoms with Gasteiger partial charge in [0.15, 0.2) is 17.5 Å². The second kappa shape index (κ2) is 12.3. The van der Waals surface area contributed by atoms with Gasteiger partial charge in [0, 0.05) is 53.9 Å². The molecule has 0 radical (unpaired) electrons. The largest absolute Gasteiger partial charge is 0.313 e. The van der Waals surface area contributed by atoms with Crippen molar-refractivity contribution in [1.82, 2.24) is 15.0 Å². The first-order valence-electron chi connectivity index (χ1n) is 19.1. The summed E-state index contributed by atoms with van der Waals surface area (Å²) in [6, 6.07) is 61.1. The Labute approximate surface area is 327 Å². The Balaban J connectivity index is 1.10. The highest BCUT2D eigenvalue weighted by atomic mass is 32.1. The van der Waals surface area contributed by atoms with Gasteiger partial charge in [-0.2, -0.15) is 0 Å². The van der Waals surface area contributed by atoms with Crippen molar-refractivity contribution in [2.24, 2.45) is 0 Å². The zero-order valence-electron chi connectivity index (χ0n) is 30.2. The minimum Gasteiger partial charge on any atom is -0.313 e. The van der Waals surface area contributed by atoms with Gasteiger partial charge in [-0.05, 0) is 93.9 Å². The lowest BCUT2D eigenvalue weighted by Gasteiger charge is -2.28. The maximum atomic E-state index is 5.29. The molecule has 2 aliphatic rings. The highest BCUT2D eigenvalue weighted by molar-refractivity contribution is 7.25. The van der Waals surface area contributed by atoms with Gasteiger partial charge in [-0.3, -0.25) is 0 Å². The number of fused-ring (bicyclic) bond motifs is 9. The van der Waals surface area contributed by atoms with Crippen LogP contribution in [0, 0.1) is 0 Å². The average Bonchev–Trinajstić information content (AvgIpc) is 3.78. The van der Waals surface area contributed by atoms with Crippen LogP contribution >= 0.6 is 11.3 Å². The molecule has 56 heavy (non-hydrogen) atoms. The molecule has 0 saturated carbocycles. The van der Waals surface area contributed by atoms with Crippen LogP contribution in [-0.2, 0) is 6.42 Å².